The first-order chi connectivity index (χ1) is 8.16. The van der Waals surface area contributed by atoms with Gasteiger partial charge in [-0.05, 0) is 19.1 Å². The highest BCUT2D eigenvalue weighted by atomic mass is 16.6. The minimum Gasteiger partial charge on any atom is -0.495 e. The Hall–Kier alpha value is -1.81. The lowest BCUT2D eigenvalue weighted by molar-refractivity contribution is 0.0883. The summed E-state index contributed by atoms with van der Waals surface area (Å²) in [5.74, 6) is 0.616. The van der Waals surface area contributed by atoms with Gasteiger partial charge >= 0.3 is 0 Å². The number of epoxide rings is 1. The van der Waals surface area contributed by atoms with E-state index in [2.05, 4.69) is 0 Å². The van der Waals surface area contributed by atoms with Crippen molar-refractivity contribution >= 4 is 16.8 Å². The molecule has 0 radical (unpaired) electrons. The number of benzene rings is 1. The van der Waals surface area contributed by atoms with Gasteiger partial charge in [-0.25, -0.2) is 0 Å². The van der Waals surface area contributed by atoms with E-state index >= 15 is 0 Å². The molecule has 0 spiro atoms. The molecule has 2 unspecified atom stereocenters. The second-order valence-electron chi connectivity index (χ2n) is 4.64. The monoisotopic (exact) mass is 230 g/mol. The highest BCUT2D eigenvalue weighted by Gasteiger charge is 2.66. The number of fused-ring (bicyclic) bond motifs is 4. The van der Waals surface area contributed by atoms with E-state index in [9.17, 15) is 4.79 Å². The van der Waals surface area contributed by atoms with Crippen LogP contribution in [0.3, 0.4) is 0 Å². The number of methoxy groups -OCH3 is 1. The number of hydrogen-bond acceptors (Lipinski definition) is 4. The van der Waals surface area contributed by atoms with Gasteiger partial charge in [0, 0.05) is 5.56 Å². The lowest BCUT2D eigenvalue weighted by Gasteiger charge is -2.09. The van der Waals surface area contributed by atoms with E-state index in [4.69, 9.17) is 13.9 Å². The van der Waals surface area contributed by atoms with Gasteiger partial charge in [-0.2, -0.15) is 0 Å². The molecule has 86 valence electrons. The summed E-state index contributed by atoms with van der Waals surface area (Å²) in [7, 11) is 1.57. The predicted octanol–water partition coefficient (Wildman–Crippen LogP) is 2.47. The minimum atomic E-state index is -0.672. The smallest absolute Gasteiger partial charge is 0.201 e. The molecule has 4 nitrogen and oxygen atoms in total. The fraction of sp³-hybridized carbons (Fsp3) is 0.308. The Morgan fingerprint density at radius 3 is 3.06 bits per heavy atom. The molecule has 1 aromatic heterocycles. The third-order valence-electron chi connectivity index (χ3n) is 3.71. The number of furan rings is 1. The zero-order valence-corrected chi connectivity index (χ0v) is 9.44. The van der Waals surface area contributed by atoms with E-state index in [1.165, 1.54) is 0 Å². The standard InChI is InChI=1S/C13H10O4/c1-13-11(14)9-7(12(13)17-13)5-8-6(3-4-16-8)10(9)15-2/h3-5,12H,1-2H3. The van der Waals surface area contributed by atoms with Crippen LogP contribution in [0.1, 0.15) is 28.9 Å². The van der Waals surface area contributed by atoms with E-state index in [0.717, 1.165) is 16.5 Å². The van der Waals surface area contributed by atoms with Gasteiger partial charge in [0.05, 0.1) is 24.3 Å². The van der Waals surface area contributed by atoms with Crippen LogP contribution in [0.5, 0.6) is 5.75 Å². The Morgan fingerprint density at radius 1 is 1.47 bits per heavy atom. The van der Waals surface area contributed by atoms with Gasteiger partial charge in [0.2, 0.25) is 5.78 Å². The van der Waals surface area contributed by atoms with Crippen LogP contribution in [0.2, 0.25) is 0 Å². The Balaban J connectivity index is 2.13. The van der Waals surface area contributed by atoms with Crippen molar-refractivity contribution in [2.24, 2.45) is 0 Å². The van der Waals surface area contributed by atoms with Crippen LogP contribution in [-0.4, -0.2) is 18.5 Å². The maximum absolute atomic E-state index is 12.3. The average molecular weight is 230 g/mol. The Bertz CT molecular complexity index is 669. The fourth-order valence-electron chi connectivity index (χ4n) is 2.74. The summed E-state index contributed by atoms with van der Waals surface area (Å²) in [6, 6.07) is 3.70. The third kappa shape index (κ3) is 0.871. The summed E-state index contributed by atoms with van der Waals surface area (Å²) in [6.07, 6.45) is 1.47. The predicted molar refractivity (Wildman–Crippen MR) is 59.3 cm³/mol. The van der Waals surface area contributed by atoms with Crippen LogP contribution in [0.25, 0.3) is 11.0 Å². The molecule has 2 heterocycles. The van der Waals surface area contributed by atoms with Crippen LogP contribution in [0.15, 0.2) is 22.8 Å². The van der Waals surface area contributed by atoms with Crippen LogP contribution in [0.4, 0.5) is 0 Å². The summed E-state index contributed by atoms with van der Waals surface area (Å²) in [5, 5.41) is 0.838. The van der Waals surface area contributed by atoms with Crippen LogP contribution >= 0.6 is 0 Å². The molecule has 0 saturated carbocycles. The SMILES string of the molecule is COc1c2c(cc3occc13)C1OC1(C)C2=O. The molecule has 1 aliphatic heterocycles. The molecule has 1 aliphatic carbocycles. The number of ketones is 1. The van der Waals surface area contributed by atoms with Gasteiger partial charge in [-0.1, -0.05) is 0 Å². The van der Waals surface area contributed by atoms with E-state index in [1.807, 2.05) is 19.1 Å². The number of carbonyl (C=O) groups excluding carboxylic acids is 1. The normalized spacial score (nSPS) is 29.3. The van der Waals surface area contributed by atoms with Gasteiger partial charge in [0.25, 0.3) is 0 Å². The molecule has 2 atom stereocenters. The zero-order valence-electron chi connectivity index (χ0n) is 9.44. The number of ether oxygens (including phenoxy) is 2. The molecule has 4 heteroatoms. The molecular formula is C13H10O4. The van der Waals surface area contributed by atoms with E-state index in [-0.39, 0.29) is 11.9 Å². The number of Topliss-reactive ketones (excluding diaryl/α,β-unsaturated/α-hetero) is 1. The summed E-state index contributed by atoms with van der Waals surface area (Å²) >= 11 is 0. The van der Waals surface area contributed by atoms with Crippen molar-refractivity contribution in [1.82, 2.24) is 0 Å². The van der Waals surface area contributed by atoms with Crippen molar-refractivity contribution < 1.29 is 18.7 Å². The lowest BCUT2D eigenvalue weighted by Crippen LogP contribution is -2.16. The van der Waals surface area contributed by atoms with Crippen molar-refractivity contribution in [3.8, 4) is 5.75 Å². The first-order valence-electron chi connectivity index (χ1n) is 5.47. The Kier molecular flexibility index (Phi) is 1.38. The molecule has 0 N–H and O–H groups in total. The number of carbonyl (C=O) groups is 1. The van der Waals surface area contributed by atoms with Gasteiger partial charge in [-0.3, -0.25) is 4.79 Å². The molecular weight excluding hydrogens is 220 g/mol. The highest BCUT2D eigenvalue weighted by molar-refractivity contribution is 6.14. The quantitative estimate of drug-likeness (QED) is 0.706. The first kappa shape index (κ1) is 9.24. The summed E-state index contributed by atoms with van der Waals surface area (Å²) in [5.41, 5.74) is 1.60. The maximum Gasteiger partial charge on any atom is 0.201 e. The van der Waals surface area contributed by atoms with Gasteiger partial charge < -0.3 is 13.9 Å². The number of hydrogen-bond donors (Lipinski definition) is 0. The molecule has 1 aromatic carbocycles. The topological polar surface area (TPSA) is 52.0 Å². The van der Waals surface area contributed by atoms with Gasteiger partial charge in [0.15, 0.2) is 5.60 Å². The van der Waals surface area contributed by atoms with E-state index in [0.29, 0.717) is 11.3 Å². The van der Waals surface area contributed by atoms with Crippen molar-refractivity contribution in [3.63, 3.8) is 0 Å². The largest absolute Gasteiger partial charge is 0.495 e. The summed E-state index contributed by atoms with van der Waals surface area (Å²) in [4.78, 5) is 12.3. The van der Waals surface area contributed by atoms with Crippen molar-refractivity contribution in [3.05, 3.63) is 29.5 Å². The average Bonchev–Trinajstić information content (AvgIpc) is 2.73. The molecule has 1 fully saturated rings. The highest BCUT2D eigenvalue weighted by Crippen LogP contribution is 2.60. The van der Waals surface area contributed by atoms with Crippen molar-refractivity contribution in [1.29, 1.82) is 0 Å². The van der Waals surface area contributed by atoms with Crippen LogP contribution < -0.4 is 4.74 Å². The lowest BCUT2D eigenvalue weighted by atomic mass is 10.0. The molecule has 2 aliphatic rings. The van der Waals surface area contributed by atoms with E-state index < -0.39 is 5.60 Å². The van der Waals surface area contributed by atoms with Crippen LogP contribution in [-0.2, 0) is 4.74 Å². The van der Waals surface area contributed by atoms with Crippen LogP contribution in [0, 0.1) is 0 Å². The van der Waals surface area contributed by atoms with Gasteiger partial charge in [0.1, 0.15) is 17.4 Å². The van der Waals surface area contributed by atoms with Crippen molar-refractivity contribution in [2.45, 2.75) is 18.6 Å². The molecule has 17 heavy (non-hydrogen) atoms. The van der Waals surface area contributed by atoms with Crippen molar-refractivity contribution in [2.75, 3.05) is 7.11 Å². The fourth-order valence-corrected chi connectivity index (χ4v) is 2.74. The van der Waals surface area contributed by atoms with Gasteiger partial charge in [-0.15, -0.1) is 0 Å². The zero-order chi connectivity index (χ0) is 11.8. The maximum atomic E-state index is 12.3. The Labute approximate surface area is 97.1 Å². The molecule has 1 saturated heterocycles. The van der Waals surface area contributed by atoms with E-state index in [1.54, 1.807) is 13.4 Å². The molecule has 0 bridgehead atoms. The molecule has 4 rings (SSSR count). The molecule has 2 aromatic rings. The number of rotatable bonds is 1. The summed E-state index contributed by atoms with van der Waals surface area (Å²) < 4.78 is 16.2. The second-order valence-corrected chi connectivity index (χ2v) is 4.64. The second kappa shape index (κ2) is 2.54. The minimum absolute atomic E-state index is 0.0115. The molecule has 0 amide bonds. The summed E-state index contributed by atoms with van der Waals surface area (Å²) in [6.45, 7) is 1.82. The first-order valence-corrected chi connectivity index (χ1v) is 5.47. The Morgan fingerprint density at radius 2 is 2.29 bits per heavy atom. The third-order valence-corrected chi connectivity index (χ3v) is 3.71.